The number of hydrogen-bond acceptors (Lipinski definition) is 7. The van der Waals surface area contributed by atoms with Crippen LogP contribution in [0.2, 0.25) is 10.0 Å². The SMILES string of the molecule is CCOC(=O)C1=C(c2ccccc2)N=c2s/c(=C\c3cc(Cl)ccc3OCc3ccc(Cl)cc3)c(=O)n2[C@@H]1c1ccc(OC)cc1. The highest BCUT2D eigenvalue weighted by molar-refractivity contribution is 7.07. The molecule has 0 N–H and O–H groups in total. The van der Waals surface area contributed by atoms with Crippen LogP contribution in [-0.2, 0) is 16.1 Å². The number of carbonyl (C=O) groups is 1. The van der Waals surface area contributed by atoms with Crippen LogP contribution in [0.3, 0.4) is 0 Å². The Morgan fingerprint density at radius 3 is 2.37 bits per heavy atom. The third-order valence-corrected chi connectivity index (χ3v) is 8.84. The van der Waals surface area contributed by atoms with E-state index >= 15 is 0 Å². The molecular weight excluding hydrogens is 643 g/mol. The molecule has 4 aromatic carbocycles. The minimum Gasteiger partial charge on any atom is -0.497 e. The number of esters is 1. The third kappa shape index (κ3) is 6.51. The average molecular weight is 672 g/mol. The molecule has 232 valence electrons. The smallest absolute Gasteiger partial charge is 0.338 e. The van der Waals surface area contributed by atoms with Gasteiger partial charge in [-0.25, -0.2) is 9.79 Å². The molecule has 1 aliphatic heterocycles. The minimum atomic E-state index is -0.807. The van der Waals surface area contributed by atoms with Crippen molar-refractivity contribution in [2.45, 2.75) is 19.6 Å². The largest absolute Gasteiger partial charge is 0.497 e. The molecule has 0 saturated heterocycles. The van der Waals surface area contributed by atoms with Gasteiger partial charge in [0.15, 0.2) is 4.80 Å². The summed E-state index contributed by atoms with van der Waals surface area (Å²) in [7, 11) is 1.58. The third-order valence-electron chi connectivity index (χ3n) is 7.37. The molecule has 1 aliphatic rings. The molecule has 2 heterocycles. The van der Waals surface area contributed by atoms with E-state index < -0.39 is 12.0 Å². The van der Waals surface area contributed by atoms with Crippen LogP contribution < -0.4 is 24.4 Å². The van der Waals surface area contributed by atoms with Crippen molar-refractivity contribution in [1.82, 2.24) is 4.57 Å². The summed E-state index contributed by atoms with van der Waals surface area (Å²) in [4.78, 5) is 33.3. The van der Waals surface area contributed by atoms with Crippen molar-refractivity contribution >= 4 is 52.3 Å². The molecule has 0 bridgehead atoms. The van der Waals surface area contributed by atoms with Gasteiger partial charge in [-0.2, -0.15) is 0 Å². The Kier molecular flexibility index (Phi) is 9.40. The maximum atomic E-state index is 14.3. The van der Waals surface area contributed by atoms with E-state index in [0.717, 1.165) is 11.1 Å². The van der Waals surface area contributed by atoms with Crippen LogP contribution in [-0.4, -0.2) is 24.3 Å². The number of carbonyl (C=O) groups excluding carboxylic acids is 1. The van der Waals surface area contributed by atoms with Crippen molar-refractivity contribution in [3.8, 4) is 11.5 Å². The maximum Gasteiger partial charge on any atom is 0.338 e. The van der Waals surface area contributed by atoms with Crippen molar-refractivity contribution in [3.63, 3.8) is 0 Å². The molecule has 0 spiro atoms. The molecule has 6 rings (SSSR count). The second-order valence-electron chi connectivity index (χ2n) is 10.3. The molecule has 46 heavy (non-hydrogen) atoms. The highest BCUT2D eigenvalue weighted by Crippen LogP contribution is 2.36. The number of aromatic nitrogens is 1. The van der Waals surface area contributed by atoms with Crippen LogP contribution in [0.25, 0.3) is 11.8 Å². The fourth-order valence-corrected chi connectivity index (χ4v) is 6.49. The highest BCUT2D eigenvalue weighted by atomic mass is 35.5. The van der Waals surface area contributed by atoms with Gasteiger partial charge in [-0.3, -0.25) is 9.36 Å². The first-order chi connectivity index (χ1) is 22.4. The normalized spacial score (nSPS) is 14.4. The van der Waals surface area contributed by atoms with E-state index in [2.05, 4.69) is 0 Å². The molecule has 0 aliphatic carbocycles. The predicted molar refractivity (Wildman–Crippen MR) is 181 cm³/mol. The van der Waals surface area contributed by atoms with Gasteiger partial charge in [0.05, 0.1) is 35.6 Å². The first-order valence-corrected chi connectivity index (χ1v) is 16.0. The van der Waals surface area contributed by atoms with Crippen molar-refractivity contribution in [2.75, 3.05) is 13.7 Å². The fourth-order valence-electron chi connectivity index (χ4n) is 5.19. The predicted octanol–water partition coefficient (Wildman–Crippen LogP) is 6.83. The maximum absolute atomic E-state index is 14.3. The number of ether oxygens (including phenoxy) is 3. The quantitative estimate of drug-likeness (QED) is 0.161. The van der Waals surface area contributed by atoms with Crippen LogP contribution >= 0.6 is 34.5 Å². The summed E-state index contributed by atoms with van der Waals surface area (Å²) in [5.74, 6) is 0.648. The first kappa shape index (κ1) is 31.4. The summed E-state index contributed by atoms with van der Waals surface area (Å²) in [5.41, 5.74) is 3.39. The molecular formula is C36H28Cl2N2O5S. The number of fused-ring (bicyclic) bond motifs is 1. The number of nitrogens with zero attached hydrogens (tertiary/aromatic N) is 2. The van der Waals surface area contributed by atoms with E-state index in [0.29, 0.717) is 54.3 Å². The van der Waals surface area contributed by atoms with Crippen LogP contribution in [0.15, 0.2) is 112 Å². The Hall–Kier alpha value is -4.63. The summed E-state index contributed by atoms with van der Waals surface area (Å²) < 4.78 is 19.0. The number of benzene rings is 4. The van der Waals surface area contributed by atoms with Gasteiger partial charge in [-0.05, 0) is 66.6 Å². The van der Waals surface area contributed by atoms with Crippen LogP contribution in [0.1, 0.15) is 35.2 Å². The zero-order valence-electron chi connectivity index (χ0n) is 24.9. The van der Waals surface area contributed by atoms with E-state index in [1.807, 2.05) is 54.6 Å². The van der Waals surface area contributed by atoms with E-state index in [9.17, 15) is 9.59 Å². The van der Waals surface area contributed by atoms with Crippen molar-refractivity contribution in [2.24, 2.45) is 4.99 Å². The molecule has 1 aromatic heterocycles. The Balaban J connectivity index is 1.53. The summed E-state index contributed by atoms with van der Waals surface area (Å²) >= 11 is 13.7. The van der Waals surface area contributed by atoms with Crippen molar-refractivity contribution < 1.29 is 19.0 Å². The Morgan fingerprint density at radius 2 is 1.67 bits per heavy atom. The van der Waals surface area contributed by atoms with E-state index in [4.69, 9.17) is 42.4 Å². The summed E-state index contributed by atoms with van der Waals surface area (Å²) in [6, 6.07) is 28.5. The minimum absolute atomic E-state index is 0.164. The summed E-state index contributed by atoms with van der Waals surface area (Å²) in [5, 5.41) is 1.13. The fraction of sp³-hybridized carbons (Fsp3) is 0.139. The van der Waals surface area contributed by atoms with Crippen LogP contribution in [0, 0.1) is 0 Å². The lowest BCUT2D eigenvalue weighted by Crippen LogP contribution is -2.40. The number of halogens is 2. The van der Waals surface area contributed by atoms with Gasteiger partial charge in [0.1, 0.15) is 18.1 Å². The van der Waals surface area contributed by atoms with Crippen LogP contribution in [0.4, 0.5) is 0 Å². The molecule has 0 fully saturated rings. The first-order valence-electron chi connectivity index (χ1n) is 14.5. The number of hydrogen-bond donors (Lipinski definition) is 0. The van der Waals surface area contributed by atoms with E-state index in [1.54, 1.807) is 67.1 Å². The summed E-state index contributed by atoms with van der Waals surface area (Å²) in [6.45, 7) is 2.20. The van der Waals surface area contributed by atoms with Gasteiger partial charge < -0.3 is 14.2 Å². The molecule has 1 atom stereocenters. The van der Waals surface area contributed by atoms with Gasteiger partial charge in [0, 0.05) is 21.2 Å². The number of methoxy groups -OCH3 is 1. The average Bonchev–Trinajstić information content (AvgIpc) is 3.39. The molecule has 0 saturated carbocycles. The van der Waals surface area contributed by atoms with E-state index in [1.165, 1.54) is 11.3 Å². The lowest BCUT2D eigenvalue weighted by atomic mass is 9.93. The molecule has 7 nitrogen and oxygen atoms in total. The second-order valence-corrected chi connectivity index (χ2v) is 12.2. The van der Waals surface area contributed by atoms with Crippen molar-refractivity contribution in [1.29, 1.82) is 0 Å². The second kappa shape index (κ2) is 13.8. The number of thiazole rings is 1. The lowest BCUT2D eigenvalue weighted by molar-refractivity contribution is -0.138. The van der Waals surface area contributed by atoms with E-state index in [-0.39, 0.29) is 17.7 Å². The number of rotatable bonds is 9. The Bertz CT molecular complexity index is 2110. The van der Waals surface area contributed by atoms with Gasteiger partial charge in [0.2, 0.25) is 0 Å². The van der Waals surface area contributed by atoms with Gasteiger partial charge in [-0.1, -0.05) is 89.1 Å². The monoisotopic (exact) mass is 670 g/mol. The van der Waals surface area contributed by atoms with Crippen LogP contribution in [0.5, 0.6) is 11.5 Å². The zero-order chi connectivity index (χ0) is 32.2. The molecule has 0 radical (unpaired) electrons. The standard InChI is InChI=1S/C36H28Cl2N2O5S/c1-3-44-35(42)31-32(23-7-5-4-6-8-23)39-36-40(33(31)24-11-16-28(43-2)17-12-24)34(41)30(46-36)20-25-19-27(38)15-18-29(25)45-21-22-9-13-26(37)14-10-22/h4-20,33H,3,21H2,1-2H3/b30-20-/t33-/m1/s1. The molecule has 5 aromatic rings. The summed E-state index contributed by atoms with van der Waals surface area (Å²) in [6.07, 6.45) is 1.74. The lowest BCUT2D eigenvalue weighted by Gasteiger charge is -2.26. The molecule has 0 unspecified atom stereocenters. The molecule has 10 heteroatoms. The van der Waals surface area contributed by atoms with Crippen molar-refractivity contribution in [3.05, 3.63) is 155 Å². The Labute approximate surface area is 279 Å². The Morgan fingerprint density at radius 1 is 0.957 bits per heavy atom. The molecule has 0 amide bonds. The van der Waals surface area contributed by atoms with Gasteiger partial charge in [-0.15, -0.1) is 0 Å². The van der Waals surface area contributed by atoms with Gasteiger partial charge >= 0.3 is 5.97 Å². The van der Waals surface area contributed by atoms with Gasteiger partial charge in [0.25, 0.3) is 5.56 Å². The topological polar surface area (TPSA) is 79.1 Å². The highest BCUT2D eigenvalue weighted by Gasteiger charge is 2.35. The zero-order valence-corrected chi connectivity index (χ0v) is 27.2.